The molecule has 0 aliphatic carbocycles. The summed E-state index contributed by atoms with van der Waals surface area (Å²) in [6.07, 6.45) is 8.26. The number of ether oxygens (including phenoxy) is 1. The molecule has 0 aromatic carbocycles. The smallest absolute Gasteiger partial charge is 0.316 e. The SMILES string of the molecule is COc1ncc(-c2nccn2[C@H](C)Cc2ccsc2)cn1. The van der Waals surface area contributed by atoms with Crippen molar-refractivity contribution >= 4 is 11.3 Å². The lowest BCUT2D eigenvalue weighted by molar-refractivity contribution is 0.380. The van der Waals surface area contributed by atoms with Crippen molar-refractivity contribution in [2.75, 3.05) is 7.11 Å². The Balaban J connectivity index is 1.85. The molecule has 3 aromatic rings. The summed E-state index contributed by atoms with van der Waals surface area (Å²) >= 11 is 1.72. The van der Waals surface area contributed by atoms with E-state index in [0.717, 1.165) is 17.8 Å². The molecular formula is C15H16N4OS. The average molecular weight is 300 g/mol. The third-order valence-corrected chi connectivity index (χ3v) is 4.06. The average Bonchev–Trinajstić information content (AvgIpc) is 3.18. The molecule has 3 rings (SSSR count). The first kappa shape index (κ1) is 13.8. The maximum Gasteiger partial charge on any atom is 0.316 e. The van der Waals surface area contributed by atoms with Crippen LogP contribution in [0.25, 0.3) is 11.4 Å². The normalized spacial score (nSPS) is 12.3. The Kier molecular flexibility index (Phi) is 3.96. The van der Waals surface area contributed by atoms with Crippen molar-refractivity contribution in [3.63, 3.8) is 0 Å². The maximum atomic E-state index is 4.99. The molecule has 0 bridgehead atoms. The zero-order chi connectivity index (χ0) is 14.7. The Bertz CT molecular complexity index is 691. The minimum absolute atomic E-state index is 0.319. The number of methoxy groups -OCH3 is 1. The standard InChI is InChI=1S/C15H16N4OS/c1-11(7-12-3-6-21-10-12)19-5-4-16-14(19)13-8-17-15(20-2)18-9-13/h3-6,8-11H,7H2,1-2H3/t11-/m1/s1. The van der Waals surface area contributed by atoms with Crippen LogP contribution in [0.15, 0.2) is 41.6 Å². The lowest BCUT2D eigenvalue weighted by atomic mass is 10.1. The van der Waals surface area contributed by atoms with E-state index in [0.29, 0.717) is 12.1 Å². The summed E-state index contributed by atoms with van der Waals surface area (Å²) in [6.45, 7) is 2.19. The summed E-state index contributed by atoms with van der Waals surface area (Å²) < 4.78 is 7.14. The van der Waals surface area contributed by atoms with Gasteiger partial charge >= 0.3 is 6.01 Å². The van der Waals surface area contributed by atoms with Gasteiger partial charge in [-0.3, -0.25) is 0 Å². The van der Waals surface area contributed by atoms with Crippen molar-refractivity contribution in [1.29, 1.82) is 0 Å². The highest BCUT2D eigenvalue weighted by atomic mass is 32.1. The maximum absolute atomic E-state index is 4.99. The van der Waals surface area contributed by atoms with E-state index in [-0.39, 0.29) is 0 Å². The summed E-state index contributed by atoms with van der Waals surface area (Å²) in [4.78, 5) is 12.7. The van der Waals surface area contributed by atoms with E-state index in [4.69, 9.17) is 4.74 Å². The Labute approximate surface area is 127 Å². The van der Waals surface area contributed by atoms with Crippen LogP contribution in [0.5, 0.6) is 6.01 Å². The van der Waals surface area contributed by atoms with E-state index in [1.54, 1.807) is 30.8 Å². The van der Waals surface area contributed by atoms with E-state index >= 15 is 0 Å². The Morgan fingerprint density at radius 3 is 2.76 bits per heavy atom. The van der Waals surface area contributed by atoms with Crippen molar-refractivity contribution < 1.29 is 4.74 Å². The van der Waals surface area contributed by atoms with Gasteiger partial charge in [0.1, 0.15) is 5.82 Å². The lowest BCUT2D eigenvalue weighted by Gasteiger charge is -2.15. The van der Waals surface area contributed by atoms with Crippen molar-refractivity contribution in [3.05, 3.63) is 47.2 Å². The van der Waals surface area contributed by atoms with Gasteiger partial charge in [0, 0.05) is 30.8 Å². The number of thiophene rings is 1. The van der Waals surface area contributed by atoms with E-state index in [9.17, 15) is 0 Å². The zero-order valence-corrected chi connectivity index (χ0v) is 12.7. The fourth-order valence-electron chi connectivity index (χ4n) is 2.28. The predicted molar refractivity (Wildman–Crippen MR) is 82.5 cm³/mol. The van der Waals surface area contributed by atoms with Gasteiger partial charge in [-0.05, 0) is 35.7 Å². The van der Waals surface area contributed by atoms with Gasteiger partial charge in [0.2, 0.25) is 0 Å². The highest BCUT2D eigenvalue weighted by Crippen LogP contribution is 2.23. The third kappa shape index (κ3) is 2.95. The summed E-state index contributed by atoms with van der Waals surface area (Å²) in [7, 11) is 1.55. The molecule has 3 heterocycles. The Hall–Kier alpha value is -2.21. The molecule has 0 saturated heterocycles. The Morgan fingerprint density at radius 1 is 1.29 bits per heavy atom. The summed E-state index contributed by atoms with van der Waals surface area (Å²) in [5.41, 5.74) is 2.23. The molecule has 1 atom stereocenters. The first-order valence-electron chi connectivity index (χ1n) is 6.68. The first-order chi connectivity index (χ1) is 10.3. The fourth-order valence-corrected chi connectivity index (χ4v) is 2.96. The quantitative estimate of drug-likeness (QED) is 0.726. The minimum atomic E-state index is 0.319. The van der Waals surface area contributed by atoms with Crippen LogP contribution in [-0.2, 0) is 6.42 Å². The molecule has 0 fully saturated rings. The van der Waals surface area contributed by atoms with E-state index in [2.05, 4.69) is 43.3 Å². The largest absolute Gasteiger partial charge is 0.467 e. The molecule has 0 aliphatic heterocycles. The summed E-state index contributed by atoms with van der Waals surface area (Å²) in [5, 5.41) is 4.29. The van der Waals surface area contributed by atoms with Crippen molar-refractivity contribution in [3.8, 4) is 17.4 Å². The van der Waals surface area contributed by atoms with Gasteiger partial charge in [-0.25, -0.2) is 15.0 Å². The fraction of sp³-hybridized carbons (Fsp3) is 0.267. The highest BCUT2D eigenvalue weighted by molar-refractivity contribution is 7.07. The van der Waals surface area contributed by atoms with Crippen LogP contribution < -0.4 is 4.74 Å². The van der Waals surface area contributed by atoms with Crippen LogP contribution in [0.1, 0.15) is 18.5 Å². The van der Waals surface area contributed by atoms with Gasteiger partial charge in [0.15, 0.2) is 0 Å². The van der Waals surface area contributed by atoms with E-state index in [1.165, 1.54) is 5.56 Å². The van der Waals surface area contributed by atoms with Crippen LogP contribution in [0, 0.1) is 0 Å². The number of nitrogens with zero attached hydrogens (tertiary/aromatic N) is 4. The topological polar surface area (TPSA) is 52.8 Å². The van der Waals surface area contributed by atoms with Gasteiger partial charge in [0.05, 0.1) is 12.7 Å². The van der Waals surface area contributed by atoms with Crippen LogP contribution >= 0.6 is 11.3 Å². The lowest BCUT2D eigenvalue weighted by Crippen LogP contribution is -2.09. The molecule has 0 N–H and O–H groups in total. The molecule has 5 nitrogen and oxygen atoms in total. The van der Waals surface area contributed by atoms with Crippen LogP contribution in [0.4, 0.5) is 0 Å². The molecule has 0 saturated carbocycles. The molecule has 0 aliphatic rings. The van der Waals surface area contributed by atoms with Crippen LogP contribution in [0.3, 0.4) is 0 Å². The molecule has 0 amide bonds. The van der Waals surface area contributed by atoms with Crippen LogP contribution in [-0.4, -0.2) is 26.6 Å². The van der Waals surface area contributed by atoms with Gasteiger partial charge in [-0.1, -0.05) is 0 Å². The number of aromatic nitrogens is 4. The van der Waals surface area contributed by atoms with E-state index < -0.39 is 0 Å². The number of rotatable bonds is 5. The second kappa shape index (κ2) is 6.05. The highest BCUT2D eigenvalue weighted by Gasteiger charge is 2.13. The molecule has 108 valence electrons. The van der Waals surface area contributed by atoms with Crippen molar-refractivity contribution in [2.24, 2.45) is 0 Å². The number of hydrogen-bond acceptors (Lipinski definition) is 5. The molecule has 0 spiro atoms. The summed E-state index contributed by atoms with van der Waals surface area (Å²) in [6, 6.07) is 2.84. The first-order valence-corrected chi connectivity index (χ1v) is 7.62. The van der Waals surface area contributed by atoms with Crippen molar-refractivity contribution in [2.45, 2.75) is 19.4 Å². The van der Waals surface area contributed by atoms with Gasteiger partial charge in [-0.2, -0.15) is 11.3 Å². The summed E-state index contributed by atoms with van der Waals surface area (Å²) in [5.74, 6) is 0.875. The number of imidazole rings is 1. The Morgan fingerprint density at radius 2 is 2.10 bits per heavy atom. The monoisotopic (exact) mass is 300 g/mol. The second-order valence-corrected chi connectivity index (χ2v) is 5.58. The molecular weight excluding hydrogens is 284 g/mol. The zero-order valence-electron chi connectivity index (χ0n) is 11.9. The number of hydrogen-bond donors (Lipinski definition) is 0. The third-order valence-electron chi connectivity index (χ3n) is 3.32. The molecule has 0 unspecified atom stereocenters. The van der Waals surface area contributed by atoms with Gasteiger partial charge in [-0.15, -0.1) is 0 Å². The van der Waals surface area contributed by atoms with Crippen LogP contribution in [0.2, 0.25) is 0 Å². The predicted octanol–water partition coefficient (Wildman–Crippen LogP) is 3.21. The van der Waals surface area contributed by atoms with E-state index in [1.807, 2.05) is 12.4 Å². The molecule has 21 heavy (non-hydrogen) atoms. The molecule has 6 heteroatoms. The van der Waals surface area contributed by atoms with Crippen molar-refractivity contribution in [1.82, 2.24) is 19.5 Å². The second-order valence-electron chi connectivity index (χ2n) is 4.80. The van der Waals surface area contributed by atoms with Gasteiger partial charge < -0.3 is 9.30 Å². The molecule has 3 aromatic heterocycles. The molecule has 0 radical (unpaired) electrons. The minimum Gasteiger partial charge on any atom is -0.467 e. The van der Waals surface area contributed by atoms with Gasteiger partial charge in [0.25, 0.3) is 0 Å².